The van der Waals surface area contributed by atoms with Crippen LogP contribution in [-0.4, -0.2) is 17.4 Å². The van der Waals surface area contributed by atoms with Crippen molar-refractivity contribution in [3.63, 3.8) is 0 Å². The van der Waals surface area contributed by atoms with Gasteiger partial charge in [-0.05, 0) is 6.07 Å². The number of hydrogen-bond acceptors (Lipinski definition) is 2. The van der Waals surface area contributed by atoms with Crippen molar-refractivity contribution in [2.45, 2.75) is 0 Å². The molecule has 0 aliphatic heterocycles. The van der Waals surface area contributed by atoms with Crippen molar-refractivity contribution in [3.8, 4) is 0 Å². The monoisotopic (exact) mass is 200 g/mol. The largest absolute Gasteiger partial charge is 0.464 e. The van der Waals surface area contributed by atoms with E-state index in [1.807, 2.05) is 0 Å². The summed E-state index contributed by atoms with van der Waals surface area (Å²) < 4.78 is 25.5. The first-order valence-electron chi connectivity index (χ1n) is 3.57. The molecule has 1 amide bonds. The van der Waals surface area contributed by atoms with Crippen LogP contribution in [0.5, 0.6) is 0 Å². The van der Waals surface area contributed by atoms with Crippen molar-refractivity contribution in [1.82, 2.24) is 5.43 Å². The van der Waals surface area contributed by atoms with Gasteiger partial charge in [0, 0.05) is 5.56 Å². The predicted molar refractivity (Wildman–Crippen MR) is 45.1 cm³/mol. The molecule has 0 aliphatic rings. The van der Waals surface area contributed by atoms with Crippen LogP contribution in [-0.2, 0) is 0 Å². The Morgan fingerprint density at radius 2 is 2.21 bits per heavy atom. The Bertz CT molecular complexity index is 380. The molecular formula is C8H6F2N2O2. The average Bonchev–Trinajstić information content (AvgIpc) is 2.12. The Balaban J connectivity index is 2.81. The zero-order valence-electron chi connectivity index (χ0n) is 6.87. The standard InChI is InChI=1S/C8H6F2N2O2/c9-6-3-1-2-5(7(6)10)4-11-12-8(13)14/h1-4,12H,(H,13,14)/b11-4+. The van der Waals surface area contributed by atoms with Gasteiger partial charge in [0.1, 0.15) is 0 Å². The van der Waals surface area contributed by atoms with Gasteiger partial charge in [0.05, 0.1) is 6.21 Å². The lowest BCUT2D eigenvalue weighted by Crippen LogP contribution is -2.13. The molecular weight excluding hydrogens is 194 g/mol. The Morgan fingerprint density at radius 1 is 1.50 bits per heavy atom. The van der Waals surface area contributed by atoms with Crippen LogP contribution in [0.25, 0.3) is 0 Å². The highest BCUT2D eigenvalue weighted by Gasteiger charge is 2.04. The van der Waals surface area contributed by atoms with Crippen molar-refractivity contribution < 1.29 is 18.7 Å². The number of amides is 1. The summed E-state index contributed by atoms with van der Waals surface area (Å²) in [5, 5.41) is 11.3. The Kier molecular flexibility index (Phi) is 3.11. The summed E-state index contributed by atoms with van der Waals surface area (Å²) in [5.41, 5.74) is 1.51. The highest BCUT2D eigenvalue weighted by Crippen LogP contribution is 2.08. The molecule has 74 valence electrons. The van der Waals surface area contributed by atoms with Crippen molar-refractivity contribution in [2.24, 2.45) is 5.10 Å². The third kappa shape index (κ3) is 2.51. The Morgan fingerprint density at radius 3 is 2.86 bits per heavy atom. The molecule has 0 spiro atoms. The summed E-state index contributed by atoms with van der Waals surface area (Å²) in [6.07, 6.45) is -0.495. The summed E-state index contributed by atoms with van der Waals surface area (Å²) in [6.45, 7) is 0. The summed E-state index contributed by atoms with van der Waals surface area (Å²) in [7, 11) is 0. The third-order valence-electron chi connectivity index (χ3n) is 1.35. The van der Waals surface area contributed by atoms with Crippen molar-refractivity contribution >= 4 is 12.3 Å². The lowest BCUT2D eigenvalue weighted by atomic mass is 10.2. The van der Waals surface area contributed by atoms with Gasteiger partial charge < -0.3 is 5.11 Å². The zero-order valence-corrected chi connectivity index (χ0v) is 6.87. The summed E-state index contributed by atoms with van der Waals surface area (Å²) >= 11 is 0. The van der Waals surface area contributed by atoms with Crippen LogP contribution in [0.15, 0.2) is 23.3 Å². The highest BCUT2D eigenvalue weighted by atomic mass is 19.2. The quantitative estimate of drug-likeness (QED) is 0.562. The first-order chi connectivity index (χ1) is 6.61. The van der Waals surface area contributed by atoms with Gasteiger partial charge >= 0.3 is 6.09 Å². The summed E-state index contributed by atoms with van der Waals surface area (Å²) in [6, 6.07) is 3.52. The van der Waals surface area contributed by atoms with E-state index in [0.29, 0.717) is 0 Å². The van der Waals surface area contributed by atoms with Gasteiger partial charge in [-0.2, -0.15) is 5.10 Å². The molecule has 2 N–H and O–H groups in total. The van der Waals surface area contributed by atoms with Crippen molar-refractivity contribution in [3.05, 3.63) is 35.4 Å². The fraction of sp³-hybridized carbons (Fsp3) is 0. The maximum Gasteiger partial charge on any atom is 0.425 e. The van der Waals surface area contributed by atoms with E-state index in [1.165, 1.54) is 12.1 Å². The maximum absolute atomic E-state index is 12.9. The second-order valence-corrected chi connectivity index (χ2v) is 2.32. The minimum Gasteiger partial charge on any atom is -0.464 e. The van der Waals surface area contributed by atoms with Gasteiger partial charge in [-0.15, -0.1) is 0 Å². The van der Waals surface area contributed by atoms with E-state index >= 15 is 0 Å². The van der Waals surface area contributed by atoms with Crippen LogP contribution in [0, 0.1) is 11.6 Å². The van der Waals surface area contributed by atoms with Crippen LogP contribution in [0.4, 0.5) is 13.6 Å². The smallest absolute Gasteiger partial charge is 0.425 e. The number of nitrogens with zero attached hydrogens (tertiary/aromatic N) is 1. The fourth-order valence-corrected chi connectivity index (χ4v) is 0.777. The second kappa shape index (κ2) is 4.31. The van der Waals surface area contributed by atoms with Crippen LogP contribution in [0.2, 0.25) is 0 Å². The van der Waals surface area contributed by atoms with Crippen LogP contribution < -0.4 is 5.43 Å². The molecule has 0 fully saturated rings. The van der Waals surface area contributed by atoms with E-state index in [9.17, 15) is 13.6 Å². The predicted octanol–water partition coefficient (Wildman–Crippen LogP) is 1.57. The average molecular weight is 200 g/mol. The van der Waals surface area contributed by atoms with E-state index in [4.69, 9.17) is 5.11 Å². The van der Waals surface area contributed by atoms with Gasteiger partial charge in [0.2, 0.25) is 0 Å². The number of rotatable bonds is 2. The van der Waals surface area contributed by atoms with E-state index < -0.39 is 17.7 Å². The van der Waals surface area contributed by atoms with Crippen molar-refractivity contribution in [1.29, 1.82) is 0 Å². The van der Waals surface area contributed by atoms with Gasteiger partial charge in [0.15, 0.2) is 11.6 Å². The van der Waals surface area contributed by atoms with Crippen LogP contribution in [0.1, 0.15) is 5.56 Å². The number of carboxylic acid groups (broad SMARTS) is 1. The van der Waals surface area contributed by atoms with Gasteiger partial charge in [-0.3, -0.25) is 0 Å². The van der Waals surface area contributed by atoms with Gasteiger partial charge in [-0.25, -0.2) is 19.0 Å². The summed E-state index contributed by atoms with van der Waals surface area (Å²) in [4.78, 5) is 9.95. The molecule has 4 nitrogen and oxygen atoms in total. The molecule has 1 rings (SSSR count). The minimum absolute atomic E-state index is 0.126. The summed E-state index contributed by atoms with van der Waals surface area (Å²) in [5.74, 6) is -2.08. The maximum atomic E-state index is 12.9. The Hall–Kier alpha value is -1.98. The zero-order chi connectivity index (χ0) is 10.6. The topological polar surface area (TPSA) is 61.7 Å². The molecule has 14 heavy (non-hydrogen) atoms. The van der Waals surface area contributed by atoms with Gasteiger partial charge in [-0.1, -0.05) is 12.1 Å². The number of halogens is 2. The van der Waals surface area contributed by atoms with Crippen LogP contribution in [0.3, 0.4) is 0 Å². The number of hydrogen-bond donors (Lipinski definition) is 2. The molecule has 1 aromatic carbocycles. The molecule has 0 aliphatic carbocycles. The van der Waals surface area contributed by atoms with E-state index in [1.54, 1.807) is 5.43 Å². The molecule has 0 radical (unpaired) electrons. The van der Waals surface area contributed by atoms with E-state index in [-0.39, 0.29) is 5.56 Å². The lowest BCUT2D eigenvalue weighted by molar-refractivity contribution is 0.195. The normalized spacial score (nSPS) is 10.4. The molecule has 0 saturated heterocycles. The molecule has 0 atom stereocenters. The first-order valence-corrected chi connectivity index (χ1v) is 3.57. The second-order valence-electron chi connectivity index (χ2n) is 2.32. The molecule has 0 bridgehead atoms. The molecule has 0 heterocycles. The van der Waals surface area contributed by atoms with Crippen LogP contribution >= 0.6 is 0 Å². The van der Waals surface area contributed by atoms with E-state index in [2.05, 4.69) is 5.10 Å². The van der Waals surface area contributed by atoms with E-state index in [0.717, 1.165) is 12.3 Å². The minimum atomic E-state index is -1.38. The SMILES string of the molecule is O=C(O)N/N=C/c1cccc(F)c1F. The number of hydrazone groups is 1. The van der Waals surface area contributed by atoms with Crippen molar-refractivity contribution in [2.75, 3.05) is 0 Å². The Labute approximate surface area is 77.9 Å². The fourth-order valence-electron chi connectivity index (χ4n) is 0.777. The number of benzene rings is 1. The molecule has 1 aromatic rings. The molecule has 0 saturated carbocycles. The molecule has 0 aromatic heterocycles. The molecule has 6 heteroatoms. The number of carbonyl (C=O) groups is 1. The van der Waals surface area contributed by atoms with Gasteiger partial charge in [0.25, 0.3) is 0 Å². The highest BCUT2D eigenvalue weighted by molar-refractivity contribution is 5.80. The third-order valence-corrected chi connectivity index (χ3v) is 1.35. The molecule has 0 unspecified atom stereocenters. The number of nitrogens with one attached hydrogen (secondary N) is 1. The first kappa shape index (κ1) is 10.1. The lowest BCUT2D eigenvalue weighted by Gasteiger charge is -1.96.